The Bertz CT molecular complexity index is 750. The van der Waals surface area contributed by atoms with E-state index in [-0.39, 0.29) is 11.9 Å². The maximum absolute atomic E-state index is 11.9. The number of carbonyl (C=O) groups excluding carboxylic acids is 1. The highest BCUT2D eigenvalue weighted by Gasteiger charge is 2.08. The summed E-state index contributed by atoms with van der Waals surface area (Å²) >= 11 is 0. The van der Waals surface area contributed by atoms with Gasteiger partial charge in [0.1, 0.15) is 6.26 Å². The van der Waals surface area contributed by atoms with Gasteiger partial charge in [-0.25, -0.2) is 0 Å². The zero-order chi connectivity index (χ0) is 16.1. The normalized spacial score (nSPS) is 11.7. The van der Waals surface area contributed by atoms with E-state index >= 15 is 0 Å². The zero-order valence-electron chi connectivity index (χ0n) is 12.8. The molecule has 3 rings (SSSR count). The molecule has 0 saturated carbocycles. The summed E-state index contributed by atoms with van der Waals surface area (Å²) in [5.41, 5.74) is 3.48. The van der Waals surface area contributed by atoms with Crippen molar-refractivity contribution < 1.29 is 9.21 Å². The number of nitrogens with one attached hydrogen (secondary N) is 2. The highest BCUT2D eigenvalue weighted by atomic mass is 16.3. The van der Waals surface area contributed by atoms with Gasteiger partial charge in [-0.1, -0.05) is 30.3 Å². The Labute approximate surface area is 135 Å². The molecule has 1 aromatic heterocycles. The van der Waals surface area contributed by atoms with Gasteiger partial charge in [0.15, 0.2) is 0 Å². The van der Waals surface area contributed by atoms with E-state index in [1.807, 2.05) is 42.5 Å². The monoisotopic (exact) mass is 306 g/mol. The molecule has 1 heterocycles. The fourth-order valence-electron chi connectivity index (χ4n) is 2.32. The van der Waals surface area contributed by atoms with E-state index in [4.69, 9.17) is 4.42 Å². The molecule has 116 valence electrons. The van der Waals surface area contributed by atoms with E-state index < -0.39 is 0 Å². The van der Waals surface area contributed by atoms with E-state index in [1.165, 1.54) is 18.1 Å². The molecule has 23 heavy (non-hydrogen) atoms. The Morgan fingerprint density at radius 1 is 0.957 bits per heavy atom. The zero-order valence-corrected chi connectivity index (χ0v) is 12.8. The molecule has 3 aromatic rings. The van der Waals surface area contributed by atoms with Crippen molar-refractivity contribution in [2.24, 2.45) is 0 Å². The number of hydrogen-bond acceptors (Lipinski definition) is 3. The predicted molar refractivity (Wildman–Crippen MR) is 91.6 cm³/mol. The van der Waals surface area contributed by atoms with Gasteiger partial charge < -0.3 is 15.1 Å². The number of anilines is 2. The number of hydrogen-bond donors (Lipinski definition) is 2. The quantitative estimate of drug-likeness (QED) is 0.718. The van der Waals surface area contributed by atoms with Crippen LogP contribution in [0.1, 0.15) is 28.9 Å². The molecule has 4 nitrogen and oxygen atoms in total. The molecule has 1 amide bonds. The van der Waals surface area contributed by atoms with Gasteiger partial charge in [0.25, 0.3) is 5.91 Å². The molecule has 0 fully saturated rings. The minimum atomic E-state index is -0.183. The summed E-state index contributed by atoms with van der Waals surface area (Å²) in [6.07, 6.45) is 2.90. The lowest BCUT2D eigenvalue weighted by atomic mass is 10.1. The highest BCUT2D eigenvalue weighted by molar-refractivity contribution is 6.04. The van der Waals surface area contributed by atoms with Crippen molar-refractivity contribution in [1.29, 1.82) is 0 Å². The fraction of sp³-hybridized carbons (Fsp3) is 0.105. The van der Waals surface area contributed by atoms with E-state index in [0.717, 1.165) is 11.4 Å². The van der Waals surface area contributed by atoms with Crippen molar-refractivity contribution in [3.8, 4) is 0 Å². The molecular weight excluding hydrogens is 288 g/mol. The fourth-order valence-corrected chi connectivity index (χ4v) is 2.32. The van der Waals surface area contributed by atoms with Crippen molar-refractivity contribution >= 4 is 17.3 Å². The average molecular weight is 306 g/mol. The predicted octanol–water partition coefficient (Wildman–Crippen LogP) is 4.71. The molecule has 4 heteroatoms. The maximum atomic E-state index is 11.9. The number of benzene rings is 2. The molecule has 1 atom stereocenters. The Morgan fingerprint density at radius 2 is 1.65 bits per heavy atom. The molecule has 0 spiro atoms. The molecular formula is C19H18N2O2. The number of amides is 1. The lowest BCUT2D eigenvalue weighted by molar-refractivity contribution is 0.102. The first-order valence-electron chi connectivity index (χ1n) is 7.47. The lowest BCUT2D eigenvalue weighted by Crippen LogP contribution is -2.11. The Hall–Kier alpha value is -3.01. The van der Waals surface area contributed by atoms with E-state index in [9.17, 15) is 4.79 Å². The smallest absolute Gasteiger partial charge is 0.258 e. The molecule has 0 radical (unpaired) electrons. The first-order valence-corrected chi connectivity index (χ1v) is 7.47. The number of furan rings is 1. The van der Waals surface area contributed by atoms with Crippen LogP contribution >= 0.6 is 0 Å². The van der Waals surface area contributed by atoms with Gasteiger partial charge in [0, 0.05) is 17.4 Å². The van der Waals surface area contributed by atoms with Crippen LogP contribution in [0.4, 0.5) is 11.4 Å². The molecule has 0 saturated heterocycles. The van der Waals surface area contributed by atoms with Crippen LogP contribution in [-0.4, -0.2) is 5.91 Å². The minimum Gasteiger partial charge on any atom is -0.472 e. The molecule has 0 unspecified atom stereocenters. The van der Waals surface area contributed by atoms with Gasteiger partial charge in [0.2, 0.25) is 0 Å². The van der Waals surface area contributed by atoms with Crippen molar-refractivity contribution in [2.75, 3.05) is 10.6 Å². The third-order valence-corrected chi connectivity index (χ3v) is 3.61. The summed E-state index contributed by atoms with van der Waals surface area (Å²) < 4.78 is 4.91. The van der Waals surface area contributed by atoms with Crippen LogP contribution in [0, 0.1) is 0 Å². The summed E-state index contributed by atoms with van der Waals surface area (Å²) in [5.74, 6) is -0.183. The Balaban J connectivity index is 1.62. The second-order valence-electron chi connectivity index (χ2n) is 5.32. The van der Waals surface area contributed by atoms with Crippen LogP contribution in [-0.2, 0) is 0 Å². The Morgan fingerprint density at radius 3 is 2.30 bits per heavy atom. The van der Waals surface area contributed by atoms with Gasteiger partial charge in [-0.15, -0.1) is 0 Å². The summed E-state index contributed by atoms with van der Waals surface area (Å²) in [6.45, 7) is 2.12. The standard InChI is InChI=1S/C19H18N2O2/c1-14(15-5-3-2-4-6-15)20-17-7-9-18(10-8-17)21-19(22)16-11-12-23-13-16/h2-14,20H,1H3,(H,21,22)/t14-/m0/s1. The molecule has 0 aliphatic rings. The summed E-state index contributed by atoms with van der Waals surface area (Å²) in [4.78, 5) is 11.9. The summed E-state index contributed by atoms with van der Waals surface area (Å²) in [6, 6.07) is 19.7. The summed E-state index contributed by atoms with van der Waals surface area (Å²) in [7, 11) is 0. The van der Waals surface area contributed by atoms with Crippen LogP contribution in [0.15, 0.2) is 77.6 Å². The number of rotatable bonds is 5. The average Bonchev–Trinajstić information content (AvgIpc) is 3.12. The SMILES string of the molecule is C[C@H](Nc1ccc(NC(=O)c2ccoc2)cc1)c1ccccc1. The Kier molecular flexibility index (Phi) is 4.43. The lowest BCUT2D eigenvalue weighted by Gasteiger charge is -2.16. The van der Waals surface area contributed by atoms with E-state index in [1.54, 1.807) is 6.07 Å². The van der Waals surface area contributed by atoms with Gasteiger partial charge in [-0.05, 0) is 42.8 Å². The molecule has 0 aliphatic carbocycles. The van der Waals surface area contributed by atoms with Gasteiger partial charge in [-0.3, -0.25) is 4.79 Å². The van der Waals surface area contributed by atoms with Crippen LogP contribution < -0.4 is 10.6 Å². The van der Waals surface area contributed by atoms with Crippen molar-refractivity contribution in [1.82, 2.24) is 0 Å². The van der Waals surface area contributed by atoms with Crippen LogP contribution in [0.25, 0.3) is 0 Å². The molecule has 0 aliphatic heterocycles. The second kappa shape index (κ2) is 6.83. The van der Waals surface area contributed by atoms with Gasteiger partial charge in [0.05, 0.1) is 11.8 Å². The molecule has 0 bridgehead atoms. The third-order valence-electron chi connectivity index (χ3n) is 3.61. The van der Waals surface area contributed by atoms with Crippen LogP contribution in [0.3, 0.4) is 0 Å². The minimum absolute atomic E-state index is 0.183. The third kappa shape index (κ3) is 3.80. The number of carbonyl (C=O) groups is 1. The van der Waals surface area contributed by atoms with Gasteiger partial charge >= 0.3 is 0 Å². The first kappa shape index (κ1) is 14.9. The largest absolute Gasteiger partial charge is 0.472 e. The second-order valence-corrected chi connectivity index (χ2v) is 5.32. The molecule has 2 aromatic carbocycles. The topological polar surface area (TPSA) is 54.3 Å². The first-order chi connectivity index (χ1) is 11.2. The van der Waals surface area contributed by atoms with E-state index in [2.05, 4.69) is 29.7 Å². The van der Waals surface area contributed by atoms with Crippen molar-refractivity contribution in [3.05, 3.63) is 84.3 Å². The van der Waals surface area contributed by atoms with Gasteiger partial charge in [-0.2, -0.15) is 0 Å². The van der Waals surface area contributed by atoms with Crippen LogP contribution in [0.2, 0.25) is 0 Å². The van der Waals surface area contributed by atoms with E-state index in [0.29, 0.717) is 5.56 Å². The summed E-state index contributed by atoms with van der Waals surface area (Å²) in [5, 5.41) is 6.27. The van der Waals surface area contributed by atoms with Crippen molar-refractivity contribution in [3.63, 3.8) is 0 Å². The highest BCUT2D eigenvalue weighted by Crippen LogP contribution is 2.21. The maximum Gasteiger partial charge on any atom is 0.258 e. The van der Waals surface area contributed by atoms with Crippen LogP contribution in [0.5, 0.6) is 0 Å². The van der Waals surface area contributed by atoms with Crippen molar-refractivity contribution in [2.45, 2.75) is 13.0 Å². The molecule has 2 N–H and O–H groups in total.